The second-order valence-electron chi connectivity index (χ2n) is 6.68. The van der Waals surface area contributed by atoms with Crippen molar-refractivity contribution in [3.8, 4) is 11.3 Å². The molecule has 2 heterocycles. The Morgan fingerprint density at radius 2 is 1.62 bits per heavy atom. The number of aromatic nitrogens is 2. The summed E-state index contributed by atoms with van der Waals surface area (Å²) < 4.78 is 0. The summed E-state index contributed by atoms with van der Waals surface area (Å²) in [6.45, 7) is 6.71. The summed E-state index contributed by atoms with van der Waals surface area (Å²) >= 11 is 0. The van der Waals surface area contributed by atoms with E-state index >= 15 is 0 Å². The summed E-state index contributed by atoms with van der Waals surface area (Å²) in [4.78, 5) is 11.8. The minimum Gasteiger partial charge on any atom is -0.297 e. The van der Waals surface area contributed by atoms with Crippen molar-refractivity contribution in [1.82, 2.24) is 14.9 Å². The van der Waals surface area contributed by atoms with Gasteiger partial charge in [-0.15, -0.1) is 0 Å². The number of rotatable bonds is 3. The topological polar surface area (TPSA) is 29.0 Å². The number of likely N-dealkylation sites (tertiary alicyclic amines) is 1. The van der Waals surface area contributed by atoms with Crippen LogP contribution in [0.15, 0.2) is 48.5 Å². The molecule has 3 aromatic rings. The van der Waals surface area contributed by atoms with Crippen LogP contribution in [0, 0.1) is 6.92 Å². The van der Waals surface area contributed by atoms with Gasteiger partial charge in [-0.1, -0.05) is 42.5 Å². The van der Waals surface area contributed by atoms with Crippen LogP contribution in [0.4, 0.5) is 0 Å². The molecule has 0 spiro atoms. The molecule has 24 heavy (non-hydrogen) atoms. The van der Waals surface area contributed by atoms with E-state index in [1.54, 1.807) is 0 Å². The van der Waals surface area contributed by atoms with Gasteiger partial charge in [0.15, 0.2) is 0 Å². The van der Waals surface area contributed by atoms with E-state index in [0.29, 0.717) is 6.04 Å². The molecule has 0 bridgehead atoms. The van der Waals surface area contributed by atoms with Crippen LogP contribution in [0.5, 0.6) is 0 Å². The zero-order valence-corrected chi connectivity index (χ0v) is 14.4. The first-order chi connectivity index (χ1) is 11.7. The van der Waals surface area contributed by atoms with Crippen LogP contribution in [0.2, 0.25) is 0 Å². The maximum Gasteiger partial charge on any atom is 0.126 e. The Balaban J connectivity index is 1.70. The second kappa shape index (κ2) is 6.33. The maximum absolute atomic E-state index is 4.70. The molecular weight excluding hydrogens is 294 g/mol. The Hall–Kier alpha value is -2.26. The molecule has 0 aliphatic carbocycles. The number of hydrogen-bond acceptors (Lipinski definition) is 3. The SMILES string of the molecule is Cc1nc(-c2ccc([C@@H](C)N3CCCC3)cc2)c2ccccc2n1. The Morgan fingerprint density at radius 1 is 0.917 bits per heavy atom. The summed E-state index contributed by atoms with van der Waals surface area (Å²) in [6, 6.07) is 17.6. The van der Waals surface area contributed by atoms with E-state index in [2.05, 4.69) is 53.2 Å². The van der Waals surface area contributed by atoms with E-state index < -0.39 is 0 Å². The quantitative estimate of drug-likeness (QED) is 0.697. The van der Waals surface area contributed by atoms with Gasteiger partial charge in [-0.2, -0.15) is 0 Å². The number of aryl methyl sites for hydroxylation is 1. The third-order valence-corrected chi connectivity index (χ3v) is 5.07. The van der Waals surface area contributed by atoms with Gasteiger partial charge in [0.25, 0.3) is 0 Å². The number of fused-ring (bicyclic) bond motifs is 1. The molecule has 0 N–H and O–H groups in total. The minimum atomic E-state index is 0.491. The molecule has 0 radical (unpaired) electrons. The van der Waals surface area contributed by atoms with Gasteiger partial charge in [0, 0.05) is 17.0 Å². The average Bonchev–Trinajstić information content (AvgIpc) is 3.15. The molecule has 122 valence electrons. The standard InChI is InChI=1S/C21H23N3/c1-15(24-13-5-6-14-24)17-9-11-18(12-10-17)21-19-7-3-4-8-20(19)22-16(2)23-21/h3-4,7-12,15H,5-6,13-14H2,1-2H3/t15-/m1/s1. The molecule has 0 amide bonds. The third kappa shape index (κ3) is 2.80. The molecule has 2 aromatic carbocycles. The zero-order valence-electron chi connectivity index (χ0n) is 14.4. The molecule has 1 saturated heterocycles. The lowest BCUT2D eigenvalue weighted by atomic mass is 10.0. The van der Waals surface area contributed by atoms with Crippen LogP contribution in [-0.2, 0) is 0 Å². The van der Waals surface area contributed by atoms with Gasteiger partial charge >= 0.3 is 0 Å². The van der Waals surface area contributed by atoms with Gasteiger partial charge in [0.1, 0.15) is 5.82 Å². The fourth-order valence-electron chi connectivity index (χ4n) is 3.67. The van der Waals surface area contributed by atoms with Crippen molar-refractivity contribution >= 4 is 10.9 Å². The Bertz CT molecular complexity index is 849. The molecule has 0 unspecified atom stereocenters. The van der Waals surface area contributed by atoms with E-state index in [-0.39, 0.29) is 0 Å². The van der Waals surface area contributed by atoms with Crippen molar-refractivity contribution in [2.75, 3.05) is 13.1 Å². The minimum absolute atomic E-state index is 0.491. The van der Waals surface area contributed by atoms with Crippen molar-refractivity contribution in [1.29, 1.82) is 0 Å². The summed E-state index contributed by atoms with van der Waals surface area (Å²) in [6.07, 6.45) is 2.66. The first-order valence-electron chi connectivity index (χ1n) is 8.80. The Labute approximate surface area is 143 Å². The first-order valence-corrected chi connectivity index (χ1v) is 8.80. The van der Waals surface area contributed by atoms with Gasteiger partial charge < -0.3 is 0 Å². The molecule has 1 fully saturated rings. The first kappa shape index (κ1) is 15.3. The Morgan fingerprint density at radius 3 is 2.38 bits per heavy atom. The van der Waals surface area contributed by atoms with Gasteiger partial charge in [-0.25, -0.2) is 9.97 Å². The van der Waals surface area contributed by atoms with E-state index in [4.69, 9.17) is 4.98 Å². The van der Waals surface area contributed by atoms with Crippen LogP contribution in [-0.4, -0.2) is 28.0 Å². The Kier molecular flexibility index (Phi) is 4.03. The highest BCUT2D eigenvalue weighted by Gasteiger charge is 2.19. The highest BCUT2D eigenvalue weighted by molar-refractivity contribution is 5.92. The van der Waals surface area contributed by atoms with Gasteiger partial charge in [-0.3, -0.25) is 4.90 Å². The summed E-state index contributed by atoms with van der Waals surface area (Å²) in [5, 5.41) is 1.11. The lowest BCUT2D eigenvalue weighted by molar-refractivity contribution is 0.263. The van der Waals surface area contributed by atoms with Crippen molar-refractivity contribution in [3.05, 3.63) is 59.9 Å². The van der Waals surface area contributed by atoms with E-state index in [1.807, 2.05) is 19.1 Å². The van der Waals surface area contributed by atoms with E-state index in [9.17, 15) is 0 Å². The molecule has 4 rings (SSSR count). The highest BCUT2D eigenvalue weighted by atomic mass is 15.2. The van der Waals surface area contributed by atoms with Crippen LogP contribution < -0.4 is 0 Å². The van der Waals surface area contributed by atoms with E-state index in [1.165, 1.54) is 31.5 Å². The fraction of sp³-hybridized carbons (Fsp3) is 0.333. The second-order valence-corrected chi connectivity index (χ2v) is 6.68. The number of hydrogen-bond donors (Lipinski definition) is 0. The summed E-state index contributed by atoms with van der Waals surface area (Å²) in [7, 11) is 0. The fourth-order valence-corrected chi connectivity index (χ4v) is 3.67. The molecule has 0 saturated carbocycles. The number of nitrogens with zero attached hydrogens (tertiary/aromatic N) is 3. The number of benzene rings is 2. The van der Waals surface area contributed by atoms with Crippen LogP contribution in [0.25, 0.3) is 22.2 Å². The molecule has 3 nitrogen and oxygen atoms in total. The molecule has 1 atom stereocenters. The lowest BCUT2D eigenvalue weighted by Gasteiger charge is -2.24. The smallest absolute Gasteiger partial charge is 0.126 e. The van der Waals surface area contributed by atoms with Crippen LogP contribution >= 0.6 is 0 Å². The van der Waals surface area contributed by atoms with Crippen molar-refractivity contribution in [2.45, 2.75) is 32.7 Å². The van der Waals surface area contributed by atoms with Crippen LogP contribution in [0.1, 0.15) is 37.2 Å². The summed E-state index contributed by atoms with van der Waals surface area (Å²) in [5.74, 6) is 0.818. The predicted molar refractivity (Wildman–Crippen MR) is 98.9 cm³/mol. The van der Waals surface area contributed by atoms with Crippen molar-refractivity contribution < 1.29 is 0 Å². The largest absolute Gasteiger partial charge is 0.297 e. The predicted octanol–water partition coefficient (Wildman–Crippen LogP) is 4.76. The van der Waals surface area contributed by atoms with Crippen LogP contribution in [0.3, 0.4) is 0 Å². The normalized spacial score (nSPS) is 16.6. The average molecular weight is 317 g/mol. The monoisotopic (exact) mass is 317 g/mol. The number of para-hydroxylation sites is 1. The van der Waals surface area contributed by atoms with Gasteiger partial charge in [0.05, 0.1) is 11.2 Å². The third-order valence-electron chi connectivity index (χ3n) is 5.07. The van der Waals surface area contributed by atoms with Gasteiger partial charge in [0.2, 0.25) is 0 Å². The molecule has 3 heteroatoms. The lowest BCUT2D eigenvalue weighted by Crippen LogP contribution is -2.23. The van der Waals surface area contributed by atoms with Gasteiger partial charge in [-0.05, 0) is 51.4 Å². The molecular formula is C21H23N3. The van der Waals surface area contributed by atoms with Crippen molar-refractivity contribution in [3.63, 3.8) is 0 Å². The zero-order chi connectivity index (χ0) is 16.5. The molecule has 1 aromatic heterocycles. The molecule has 1 aliphatic rings. The summed E-state index contributed by atoms with van der Waals surface area (Å²) in [5.41, 5.74) is 4.58. The molecule has 1 aliphatic heterocycles. The van der Waals surface area contributed by atoms with E-state index in [0.717, 1.165) is 28.0 Å². The highest BCUT2D eigenvalue weighted by Crippen LogP contribution is 2.29. The maximum atomic E-state index is 4.70. The van der Waals surface area contributed by atoms with Crippen molar-refractivity contribution in [2.24, 2.45) is 0 Å².